The molecule has 0 aliphatic carbocycles. The molecule has 3 N–H and O–H groups in total. The number of hydrogen-bond acceptors (Lipinski definition) is 11. The zero-order chi connectivity index (χ0) is 36.7. The molecule has 0 aromatic carbocycles. The Hall–Kier alpha value is -5.09. The number of aromatic nitrogens is 5. The van der Waals surface area contributed by atoms with Crippen LogP contribution in [-0.2, 0) is 19.6 Å². The highest BCUT2D eigenvalue weighted by atomic mass is 19.1. The van der Waals surface area contributed by atoms with Crippen molar-refractivity contribution in [1.29, 1.82) is 0 Å². The molecule has 0 radical (unpaired) electrons. The molecular weight excluding hydrogens is 684 g/mol. The standard InChI is InChI=1S/C23H24FN5O3.C15H19FN4O/c24-16-12-19-18(26-13-16)3-4-23(30)29(19)10-9-28-7-5-17(6-8-28)25-15-22-27-14-21(32-22)20-2-1-11-31-20;16-11-9-14-13(18-10-11)1-2-15(21)20(14)8-7-19-5-3-12(17)4-6-19/h1-4,11-14,17,25H,5-10,15H2;1-2,9-10,12H,3-8,17H2. The minimum absolute atomic E-state index is 0.122. The van der Waals surface area contributed by atoms with Crippen LogP contribution >= 0.6 is 0 Å². The van der Waals surface area contributed by atoms with Gasteiger partial charge in [-0.2, -0.15) is 0 Å². The number of piperidine rings is 2. The number of furan rings is 1. The predicted molar refractivity (Wildman–Crippen MR) is 196 cm³/mol. The van der Waals surface area contributed by atoms with Crippen LogP contribution in [0.25, 0.3) is 33.6 Å². The van der Waals surface area contributed by atoms with Gasteiger partial charge in [0.2, 0.25) is 5.89 Å². The van der Waals surface area contributed by atoms with Gasteiger partial charge in [0.15, 0.2) is 11.5 Å². The van der Waals surface area contributed by atoms with Gasteiger partial charge in [0, 0.05) is 62.5 Å². The van der Waals surface area contributed by atoms with Gasteiger partial charge in [-0.3, -0.25) is 19.6 Å². The van der Waals surface area contributed by atoms with Crippen LogP contribution in [0, 0.1) is 11.6 Å². The van der Waals surface area contributed by atoms with Crippen molar-refractivity contribution in [2.45, 2.75) is 57.4 Å². The van der Waals surface area contributed by atoms with Crippen LogP contribution in [-0.4, -0.2) is 85.2 Å². The Morgan fingerprint density at radius 3 is 1.83 bits per heavy atom. The van der Waals surface area contributed by atoms with Gasteiger partial charge in [0.05, 0.1) is 53.5 Å². The number of nitrogens with zero attached hydrogens (tertiary/aromatic N) is 7. The molecule has 6 aromatic heterocycles. The largest absolute Gasteiger partial charge is 0.461 e. The van der Waals surface area contributed by atoms with E-state index >= 15 is 0 Å². The van der Waals surface area contributed by atoms with Crippen LogP contribution in [0.4, 0.5) is 8.78 Å². The summed E-state index contributed by atoms with van der Waals surface area (Å²) in [6.45, 7) is 6.86. The summed E-state index contributed by atoms with van der Waals surface area (Å²) in [5.74, 6) is 1.06. The Balaban J connectivity index is 0.000000179. The van der Waals surface area contributed by atoms with E-state index in [1.807, 2.05) is 12.1 Å². The summed E-state index contributed by atoms with van der Waals surface area (Å²) in [6, 6.07) is 13.3. The minimum Gasteiger partial charge on any atom is -0.461 e. The summed E-state index contributed by atoms with van der Waals surface area (Å²) in [5, 5.41) is 3.51. The van der Waals surface area contributed by atoms with E-state index in [1.165, 1.54) is 36.7 Å². The molecule has 2 saturated heterocycles. The summed E-state index contributed by atoms with van der Waals surface area (Å²) < 4.78 is 41.3. The molecule has 0 unspecified atom stereocenters. The first-order valence-corrected chi connectivity index (χ1v) is 18.0. The number of halogens is 2. The number of pyridine rings is 4. The topological polar surface area (TPSA) is 153 Å². The fourth-order valence-corrected chi connectivity index (χ4v) is 6.92. The Kier molecular flexibility index (Phi) is 11.4. The molecule has 0 spiro atoms. The number of oxazole rings is 1. The van der Waals surface area contributed by atoms with Crippen molar-refractivity contribution in [3.63, 3.8) is 0 Å². The van der Waals surface area contributed by atoms with E-state index in [-0.39, 0.29) is 11.1 Å². The van der Waals surface area contributed by atoms with Crippen LogP contribution in [0.1, 0.15) is 31.6 Å². The van der Waals surface area contributed by atoms with Crippen molar-refractivity contribution < 1.29 is 17.6 Å². The lowest BCUT2D eigenvalue weighted by atomic mass is 10.1. The van der Waals surface area contributed by atoms with Gasteiger partial charge in [-0.05, 0) is 76.1 Å². The average Bonchev–Trinajstić information content (AvgIpc) is 3.88. The molecule has 15 heteroatoms. The molecule has 2 fully saturated rings. The summed E-state index contributed by atoms with van der Waals surface area (Å²) in [7, 11) is 0. The van der Waals surface area contributed by atoms with Crippen molar-refractivity contribution in [2.75, 3.05) is 39.3 Å². The van der Waals surface area contributed by atoms with Gasteiger partial charge < -0.3 is 38.8 Å². The number of likely N-dealkylation sites (tertiary alicyclic amines) is 2. The first kappa shape index (κ1) is 36.3. The number of nitrogens with two attached hydrogens (primary N) is 1. The second kappa shape index (κ2) is 16.7. The van der Waals surface area contributed by atoms with E-state index < -0.39 is 11.6 Å². The average molecular weight is 728 g/mol. The SMILES string of the molecule is NC1CCN(CCn2c(=O)ccc3ncc(F)cc32)CC1.O=c1ccc2ncc(F)cc2n1CCN1CCC(NCc2ncc(-c3ccco3)o2)CC1. The van der Waals surface area contributed by atoms with E-state index in [0.29, 0.717) is 71.2 Å². The molecule has 0 amide bonds. The third kappa shape index (κ3) is 9.11. The number of fused-ring (bicyclic) bond motifs is 2. The lowest BCUT2D eigenvalue weighted by molar-refractivity contribution is 0.189. The Labute approximate surface area is 304 Å². The maximum atomic E-state index is 13.6. The third-order valence-corrected chi connectivity index (χ3v) is 9.97. The molecule has 2 aliphatic heterocycles. The minimum atomic E-state index is -0.439. The second-order valence-corrected chi connectivity index (χ2v) is 13.5. The van der Waals surface area contributed by atoms with E-state index in [4.69, 9.17) is 14.6 Å². The van der Waals surface area contributed by atoms with E-state index in [1.54, 1.807) is 33.7 Å². The van der Waals surface area contributed by atoms with Crippen LogP contribution in [0.2, 0.25) is 0 Å². The lowest BCUT2D eigenvalue weighted by Crippen LogP contribution is -2.43. The fourth-order valence-electron chi connectivity index (χ4n) is 6.92. The Bertz CT molecular complexity index is 2240. The molecule has 0 atom stereocenters. The van der Waals surface area contributed by atoms with Gasteiger partial charge in [0.25, 0.3) is 11.1 Å². The highest BCUT2D eigenvalue weighted by molar-refractivity contribution is 5.74. The lowest BCUT2D eigenvalue weighted by Gasteiger charge is -2.32. The van der Waals surface area contributed by atoms with Gasteiger partial charge in [-0.1, -0.05) is 0 Å². The van der Waals surface area contributed by atoms with Crippen LogP contribution < -0.4 is 22.2 Å². The van der Waals surface area contributed by atoms with Crippen molar-refractivity contribution >= 4 is 22.1 Å². The molecule has 278 valence electrons. The normalized spacial score (nSPS) is 16.3. The molecule has 2 aliphatic rings. The maximum absolute atomic E-state index is 13.6. The van der Waals surface area contributed by atoms with Crippen molar-refractivity contribution in [3.05, 3.63) is 112 Å². The van der Waals surface area contributed by atoms with Gasteiger partial charge in [-0.15, -0.1) is 0 Å². The molecule has 0 bridgehead atoms. The number of nitrogens with one attached hydrogen (secondary N) is 1. The maximum Gasteiger partial charge on any atom is 0.251 e. The smallest absolute Gasteiger partial charge is 0.251 e. The monoisotopic (exact) mass is 727 g/mol. The molecule has 0 saturated carbocycles. The van der Waals surface area contributed by atoms with Gasteiger partial charge >= 0.3 is 0 Å². The summed E-state index contributed by atoms with van der Waals surface area (Å²) in [4.78, 5) is 41.4. The molecular formula is C38H43F2N9O4. The zero-order valence-corrected chi connectivity index (χ0v) is 29.4. The van der Waals surface area contributed by atoms with Crippen LogP contribution in [0.15, 0.2) is 91.8 Å². The molecule has 53 heavy (non-hydrogen) atoms. The van der Waals surface area contributed by atoms with Gasteiger partial charge in [0.1, 0.15) is 11.6 Å². The van der Waals surface area contributed by atoms with Crippen molar-refractivity contribution in [3.8, 4) is 11.5 Å². The van der Waals surface area contributed by atoms with Crippen molar-refractivity contribution in [1.82, 2.24) is 39.2 Å². The second-order valence-electron chi connectivity index (χ2n) is 13.5. The highest BCUT2D eigenvalue weighted by Gasteiger charge is 2.20. The van der Waals surface area contributed by atoms with Crippen LogP contribution in [0.5, 0.6) is 0 Å². The van der Waals surface area contributed by atoms with E-state index in [9.17, 15) is 18.4 Å². The molecule has 8 rings (SSSR count). The van der Waals surface area contributed by atoms with Crippen LogP contribution in [0.3, 0.4) is 0 Å². The summed E-state index contributed by atoms with van der Waals surface area (Å²) >= 11 is 0. The number of hydrogen-bond donors (Lipinski definition) is 2. The Morgan fingerprint density at radius 2 is 1.28 bits per heavy atom. The highest BCUT2D eigenvalue weighted by Crippen LogP contribution is 2.21. The molecule has 6 aromatic rings. The van der Waals surface area contributed by atoms with E-state index in [2.05, 4.69) is 30.1 Å². The quantitative estimate of drug-likeness (QED) is 0.211. The molecule has 13 nitrogen and oxygen atoms in total. The summed E-state index contributed by atoms with van der Waals surface area (Å²) in [5.41, 5.74) is 7.97. The Morgan fingerprint density at radius 1 is 0.717 bits per heavy atom. The first-order valence-electron chi connectivity index (χ1n) is 18.0. The fraction of sp³-hybridized carbons (Fsp3) is 0.395. The van der Waals surface area contributed by atoms with E-state index in [0.717, 1.165) is 65.0 Å². The zero-order valence-electron chi connectivity index (χ0n) is 29.4. The number of rotatable bonds is 10. The first-order chi connectivity index (χ1) is 25.8. The van der Waals surface area contributed by atoms with Gasteiger partial charge in [-0.25, -0.2) is 13.8 Å². The summed E-state index contributed by atoms with van der Waals surface area (Å²) in [6.07, 6.45) is 9.58. The third-order valence-electron chi connectivity index (χ3n) is 9.97. The predicted octanol–water partition coefficient (Wildman–Crippen LogP) is 4.00. The molecule has 8 heterocycles. The van der Waals surface area contributed by atoms with Crippen molar-refractivity contribution in [2.24, 2.45) is 5.73 Å².